The van der Waals surface area contributed by atoms with Crippen molar-refractivity contribution < 1.29 is 37.1 Å². The largest absolute Gasteiger partial charge is 0.399 e. The third kappa shape index (κ3) is 6.60. The van der Waals surface area contributed by atoms with E-state index in [2.05, 4.69) is 15.4 Å². The number of nitrogens with zero attached hydrogens (tertiary/aromatic N) is 1. The van der Waals surface area contributed by atoms with E-state index in [-0.39, 0.29) is 61.8 Å². The molecular formula is C25H29N5O8S. The SMILES string of the molecule is Nc1ccc(S(=O)(=O)NCCOCCOCCNc2cccc3c2C(=O)N(C2CCC(=O)NC2=O)C3=O)cc1. The molecule has 2 aliphatic rings. The molecular weight excluding hydrogens is 530 g/mol. The highest BCUT2D eigenvalue weighted by molar-refractivity contribution is 7.89. The Morgan fingerprint density at radius 2 is 1.62 bits per heavy atom. The van der Waals surface area contributed by atoms with Gasteiger partial charge >= 0.3 is 0 Å². The number of nitrogens with two attached hydrogens (primary N) is 1. The number of rotatable bonds is 13. The van der Waals surface area contributed by atoms with Crippen molar-refractivity contribution in [3.05, 3.63) is 53.6 Å². The maximum Gasteiger partial charge on any atom is 0.264 e. The second-order valence-corrected chi connectivity index (χ2v) is 10.6. The van der Waals surface area contributed by atoms with Gasteiger partial charge in [-0.25, -0.2) is 13.1 Å². The molecule has 2 aromatic carbocycles. The van der Waals surface area contributed by atoms with Gasteiger partial charge in [0, 0.05) is 30.9 Å². The summed E-state index contributed by atoms with van der Waals surface area (Å²) >= 11 is 0. The Morgan fingerprint density at radius 3 is 2.31 bits per heavy atom. The van der Waals surface area contributed by atoms with E-state index in [0.29, 0.717) is 17.9 Å². The van der Waals surface area contributed by atoms with Gasteiger partial charge in [-0.3, -0.25) is 29.4 Å². The number of benzene rings is 2. The van der Waals surface area contributed by atoms with Crippen molar-refractivity contribution in [2.24, 2.45) is 0 Å². The lowest BCUT2D eigenvalue weighted by molar-refractivity contribution is -0.136. The molecule has 1 fully saturated rings. The molecule has 4 rings (SSSR count). The van der Waals surface area contributed by atoms with Crippen LogP contribution in [-0.4, -0.2) is 82.5 Å². The molecule has 0 saturated carbocycles. The predicted molar refractivity (Wildman–Crippen MR) is 139 cm³/mol. The van der Waals surface area contributed by atoms with Gasteiger partial charge in [0.25, 0.3) is 11.8 Å². The third-order valence-corrected chi connectivity index (χ3v) is 7.61. The van der Waals surface area contributed by atoms with Gasteiger partial charge in [-0.05, 0) is 42.8 Å². The highest BCUT2D eigenvalue weighted by Crippen LogP contribution is 2.32. The molecule has 39 heavy (non-hydrogen) atoms. The molecule has 0 bridgehead atoms. The van der Waals surface area contributed by atoms with E-state index in [1.807, 2.05) is 0 Å². The Hall–Kier alpha value is -3.85. The molecule has 208 valence electrons. The Bertz CT molecular complexity index is 1360. The van der Waals surface area contributed by atoms with Crippen molar-refractivity contribution in [3.8, 4) is 0 Å². The maximum absolute atomic E-state index is 13.1. The van der Waals surface area contributed by atoms with Crippen LogP contribution in [0, 0.1) is 0 Å². The van der Waals surface area contributed by atoms with Crippen LogP contribution in [0.15, 0.2) is 47.4 Å². The number of fused-ring (bicyclic) bond motifs is 1. The number of carbonyl (C=O) groups excluding carboxylic acids is 4. The molecule has 0 aromatic heterocycles. The summed E-state index contributed by atoms with van der Waals surface area (Å²) in [7, 11) is -3.64. The van der Waals surface area contributed by atoms with Crippen LogP contribution in [0.5, 0.6) is 0 Å². The topological polar surface area (TPSA) is 186 Å². The number of piperidine rings is 1. The molecule has 0 radical (unpaired) electrons. The number of amides is 4. The summed E-state index contributed by atoms with van der Waals surface area (Å²) in [6.07, 6.45) is 0.137. The first-order valence-electron chi connectivity index (χ1n) is 12.3. The summed E-state index contributed by atoms with van der Waals surface area (Å²) in [5.74, 6) is -2.25. The zero-order valence-corrected chi connectivity index (χ0v) is 21.8. The minimum atomic E-state index is -3.64. The van der Waals surface area contributed by atoms with E-state index in [4.69, 9.17) is 15.2 Å². The number of nitrogens with one attached hydrogen (secondary N) is 3. The van der Waals surface area contributed by atoms with Gasteiger partial charge in [-0.2, -0.15) is 0 Å². The van der Waals surface area contributed by atoms with Crippen LogP contribution >= 0.6 is 0 Å². The van der Waals surface area contributed by atoms with E-state index in [1.54, 1.807) is 12.1 Å². The third-order valence-electron chi connectivity index (χ3n) is 6.13. The first kappa shape index (κ1) is 28.2. The van der Waals surface area contributed by atoms with Gasteiger partial charge in [-0.1, -0.05) is 6.07 Å². The first-order valence-corrected chi connectivity index (χ1v) is 13.8. The summed E-state index contributed by atoms with van der Waals surface area (Å²) in [4.78, 5) is 50.7. The normalized spacial score (nSPS) is 17.3. The molecule has 2 aromatic rings. The Morgan fingerprint density at radius 1 is 0.923 bits per heavy atom. The van der Waals surface area contributed by atoms with Crippen molar-refractivity contribution in [3.63, 3.8) is 0 Å². The average molecular weight is 560 g/mol. The van der Waals surface area contributed by atoms with E-state index in [9.17, 15) is 27.6 Å². The van der Waals surface area contributed by atoms with Crippen molar-refractivity contribution in [1.82, 2.24) is 14.9 Å². The Balaban J connectivity index is 1.16. The van der Waals surface area contributed by atoms with Crippen molar-refractivity contribution in [2.75, 3.05) is 50.6 Å². The van der Waals surface area contributed by atoms with Crippen LogP contribution in [0.1, 0.15) is 33.6 Å². The van der Waals surface area contributed by atoms with Crippen LogP contribution in [0.2, 0.25) is 0 Å². The first-order chi connectivity index (χ1) is 18.7. The molecule has 1 atom stereocenters. The fourth-order valence-electron chi connectivity index (χ4n) is 4.22. The molecule has 5 N–H and O–H groups in total. The molecule has 4 amide bonds. The fraction of sp³-hybridized carbons (Fsp3) is 0.360. The van der Waals surface area contributed by atoms with E-state index in [0.717, 1.165) is 4.90 Å². The summed E-state index contributed by atoms with van der Waals surface area (Å²) in [5, 5.41) is 5.25. The second kappa shape index (κ2) is 12.3. The van der Waals surface area contributed by atoms with Crippen molar-refractivity contribution in [2.45, 2.75) is 23.8 Å². The van der Waals surface area contributed by atoms with Gasteiger partial charge in [0.2, 0.25) is 21.8 Å². The van der Waals surface area contributed by atoms with Crippen molar-refractivity contribution >= 4 is 45.0 Å². The van der Waals surface area contributed by atoms with Gasteiger partial charge in [0.1, 0.15) is 6.04 Å². The lowest BCUT2D eigenvalue weighted by Gasteiger charge is -2.27. The minimum Gasteiger partial charge on any atom is -0.399 e. The molecule has 14 heteroatoms. The highest BCUT2D eigenvalue weighted by Gasteiger charge is 2.45. The van der Waals surface area contributed by atoms with E-state index >= 15 is 0 Å². The monoisotopic (exact) mass is 559 g/mol. The zero-order valence-electron chi connectivity index (χ0n) is 21.0. The number of nitrogen functional groups attached to an aromatic ring is 1. The average Bonchev–Trinajstić information content (AvgIpc) is 3.15. The van der Waals surface area contributed by atoms with Crippen LogP contribution in [0.3, 0.4) is 0 Å². The molecule has 2 aliphatic heterocycles. The van der Waals surface area contributed by atoms with Crippen molar-refractivity contribution in [1.29, 1.82) is 0 Å². The molecule has 0 spiro atoms. The van der Waals surface area contributed by atoms with E-state index in [1.165, 1.54) is 30.3 Å². The van der Waals surface area contributed by atoms with Crippen LogP contribution < -0.4 is 21.1 Å². The molecule has 1 unspecified atom stereocenters. The molecule has 13 nitrogen and oxygen atoms in total. The van der Waals surface area contributed by atoms with Crippen LogP contribution in [0.4, 0.5) is 11.4 Å². The Kier molecular flexibility index (Phi) is 8.91. The lowest BCUT2D eigenvalue weighted by atomic mass is 10.0. The molecule has 2 heterocycles. The maximum atomic E-state index is 13.1. The number of hydrogen-bond acceptors (Lipinski definition) is 10. The predicted octanol–water partition coefficient (Wildman–Crippen LogP) is 0.0936. The van der Waals surface area contributed by atoms with Gasteiger partial charge in [0.05, 0.1) is 42.4 Å². The smallest absolute Gasteiger partial charge is 0.264 e. The molecule has 1 saturated heterocycles. The number of anilines is 2. The van der Waals surface area contributed by atoms with Gasteiger partial charge in [0.15, 0.2) is 0 Å². The summed E-state index contributed by atoms with van der Waals surface area (Å²) in [6.45, 7) is 1.37. The number of hydrogen-bond donors (Lipinski definition) is 4. The van der Waals surface area contributed by atoms with Gasteiger partial charge in [-0.15, -0.1) is 0 Å². The quantitative estimate of drug-likeness (QED) is 0.149. The number of imide groups is 2. The number of carbonyl (C=O) groups is 4. The second-order valence-electron chi connectivity index (χ2n) is 8.79. The molecule has 0 aliphatic carbocycles. The lowest BCUT2D eigenvalue weighted by Crippen LogP contribution is -2.54. The van der Waals surface area contributed by atoms with Crippen LogP contribution in [0.25, 0.3) is 0 Å². The highest BCUT2D eigenvalue weighted by atomic mass is 32.2. The number of ether oxygens (including phenoxy) is 2. The zero-order chi connectivity index (χ0) is 28.0. The van der Waals surface area contributed by atoms with E-state index < -0.39 is 39.7 Å². The summed E-state index contributed by atoms with van der Waals surface area (Å²) in [5.41, 5.74) is 6.85. The fourth-order valence-corrected chi connectivity index (χ4v) is 5.23. The number of sulfonamides is 1. The standard InChI is InChI=1S/C25H29N5O8S/c26-16-4-6-17(7-5-16)39(35,36)28-11-13-38-15-14-37-12-10-27-19-3-1-2-18-22(19)25(34)30(24(18)33)20-8-9-21(31)29-23(20)32/h1-7,20,27-28H,8-15,26H2,(H,29,31,32). The van der Waals surface area contributed by atoms with Gasteiger partial charge < -0.3 is 20.5 Å². The van der Waals surface area contributed by atoms with Crippen LogP contribution in [-0.2, 0) is 29.1 Å². The summed E-state index contributed by atoms with van der Waals surface area (Å²) < 4.78 is 37.7. The Labute approximate surface area is 225 Å². The minimum absolute atomic E-state index is 0.0508. The summed E-state index contributed by atoms with van der Waals surface area (Å²) in [6, 6.07) is 9.66.